The van der Waals surface area contributed by atoms with E-state index in [1.54, 1.807) is 0 Å². The second-order valence-electron chi connectivity index (χ2n) is 6.93. The summed E-state index contributed by atoms with van der Waals surface area (Å²) in [4.78, 5) is 2.53. The molecule has 1 aromatic rings. The average molecular weight is 288 g/mol. The largest absolute Gasteiger partial charge is 0.489 e. The summed E-state index contributed by atoms with van der Waals surface area (Å²) in [5.74, 6) is 2.68. The van der Waals surface area contributed by atoms with Crippen LogP contribution in [0.5, 0.6) is 5.75 Å². The molecule has 116 valence electrons. The maximum atomic E-state index is 6.03. The smallest absolute Gasteiger partial charge is 0.144 e. The van der Waals surface area contributed by atoms with E-state index in [0.717, 1.165) is 23.3 Å². The summed E-state index contributed by atoms with van der Waals surface area (Å²) in [5.41, 5.74) is 8.03. The molecule has 3 rings (SSSR count). The van der Waals surface area contributed by atoms with Crippen LogP contribution < -0.4 is 15.4 Å². The fourth-order valence-corrected chi connectivity index (χ4v) is 3.91. The van der Waals surface area contributed by atoms with Gasteiger partial charge in [0.05, 0.1) is 11.8 Å². The number of ether oxygens (including phenoxy) is 1. The zero-order valence-corrected chi connectivity index (χ0v) is 13.3. The van der Waals surface area contributed by atoms with Crippen LogP contribution in [-0.4, -0.2) is 19.2 Å². The molecule has 3 heteroatoms. The summed E-state index contributed by atoms with van der Waals surface area (Å²) in [7, 11) is 0. The highest BCUT2D eigenvalue weighted by Gasteiger charge is 2.31. The van der Waals surface area contributed by atoms with Gasteiger partial charge in [-0.15, -0.1) is 0 Å². The molecule has 21 heavy (non-hydrogen) atoms. The third-order valence-corrected chi connectivity index (χ3v) is 5.02. The van der Waals surface area contributed by atoms with Gasteiger partial charge in [0.1, 0.15) is 5.75 Å². The average Bonchev–Trinajstić information content (AvgIpc) is 2.48. The Morgan fingerprint density at radius 1 is 1.14 bits per heavy atom. The Morgan fingerprint density at radius 3 is 2.67 bits per heavy atom. The van der Waals surface area contributed by atoms with E-state index >= 15 is 0 Å². The molecule has 3 nitrogen and oxygen atoms in total. The Labute approximate surface area is 128 Å². The van der Waals surface area contributed by atoms with E-state index in [9.17, 15) is 0 Å². The molecule has 2 aliphatic rings. The van der Waals surface area contributed by atoms with Crippen molar-refractivity contribution in [2.75, 3.05) is 23.7 Å². The number of rotatable bonds is 3. The van der Waals surface area contributed by atoms with Crippen molar-refractivity contribution in [1.29, 1.82) is 0 Å². The maximum absolute atomic E-state index is 6.03. The van der Waals surface area contributed by atoms with Crippen LogP contribution in [0.25, 0.3) is 0 Å². The number of nitrogens with two attached hydrogens (primary N) is 1. The quantitative estimate of drug-likeness (QED) is 0.852. The number of anilines is 2. The lowest BCUT2D eigenvalue weighted by Gasteiger charge is -2.42. The van der Waals surface area contributed by atoms with E-state index in [-0.39, 0.29) is 6.10 Å². The first-order chi connectivity index (χ1) is 10.1. The molecule has 0 aromatic heterocycles. The van der Waals surface area contributed by atoms with Gasteiger partial charge in [-0.2, -0.15) is 0 Å². The minimum atomic E-state index is 0.159. The van der Waals surface area contributed by atoms with E-state index in [2.05, 4.69) is 17.0 Å². The predicted molar refractivity (Wildman–Crippen MR) is 88.9 cm³/mol. The number of fused-ring (bicyclic) bond motifs is 1. The summed E-state index contributed by atoms with van der Waals surface area (Å²) in [6.45, 7) is 6.46. The first-order valence-electron chi connectivity index (χ1n) is 8.44. The van der Waals surface area contributed by atoms with Crippen LogP contribution in [0.2, 0.25) is 0 Å². The van der Waals surface area contributed by atoms with E-state index in [1.807, 2.05) is 19.9 Å². The van der Waals surface area contributed by atoms with E-state index < -0.39 is 0 Å². The minimum absolute atomic E-state index is 0.159. The van der Waals surface area contributed by atoms with Crippen LogP contribution in [0.4, 0.5) is 11.4 Å². The van der Waals surface area contributed by atoms with Crippen molar-refractivity contribution in [2.24, 2.45) is 11.8 Å². The number of benzene rings is 1. The van der Waals surface area contributed by atoms with E-state index in [1.165, 1.54) is 50.9 Å². The normalized spacial score (nSPS) is 25.8. The van der Waals surface area contributed by atoms with Gasteiger partial charge >= 0.3 is 0 Å². The lowest BCUT2D eigenvalue weighted by molar-refractivity contribution is 0.202. The van der Waals surface area contributed by atoms with Crippen LogP contribution in [0.1, 0.15) is 46.0 Å². The number of nitrogen functional groups attached to an aromatic ring is 1. The molecular weight excluding hydrogens is 260 g/mol. The zero-order chi connectivity index (χ0) is 14.8. The van der Waals surface area contributed by atoms with Gasteiger partial charge in [0.15, 0.2) is 0 Å². The molecule has 0 bridgehead atoms. The second-order valence-corrected chi connectivity index (χ2v) is 6.93. The van der Waals surface area contributed by atoms with Crippen LogP contribution in [0.15, 0.2) is 18.2 Å². The van der Waals surface area contributed by atoms with Crippen molar-refractivity contribution in [2.45, 2.75) is 52.1 Å². The topological polar surface area (TPSA) is 38.5 Å². The van der Waals surface area contributed by atoms with Crippen molar-refractivity contribution in [3.8, 4) is 5.75 Å². The summed E-state index contributed by atoms with van der Waals surface area (Å²) in [6, 6.07) is 6.25. The van der Waals surface area contributed by atoms with Crippen molar-refractivity contribution in [3.05, 3.63) is 18.2 Å². The zero-order valence-electron chi connectivity index (χ0n) is 13.3. The van der Waals surface area contributed by atoms with Gasteiger partial charge in [-0.05, 0) is 50.7 Å². The number of piperidine rings is 1. The molecule has 0 amide bonds. The summed E-state index contributed by atoms with van der Waals surface area (Å²) >= 11 is 0. The van der Waals surface area contributed by atoms with Gasteiger partial charge in [-0.1, -0.05) is 19.3 Å². The highest BCUT2D eigenvalue weighted by Crippen LogP contribution is 2.38. The number of hydrogen-bond donors (Lipinski definition) is 1. The Morgan fingerprint density at radius 2 is 1.90 bits per heavy atom. The maximum Gasteiger partial charge on any atom is 0.144 e. The molecule has 1 aliphatic carbocycles. The lowest BCUT2D eigenvalue weighted by atomic mass is 9.75. The van der Waals surface area contributed by atoms with Crippen LogP contribution >= 0.6 is 0 Å². The second kappa shape index (κ2) is 6.17. The standard InChI is InChI=1S/C18H28N2O/c1-13(2)21-18-11-16(7-8-17(18)19)20-10-9-14-5-3-4-6-15(14)12-20/h7-8,11,13-15H,3-6,9-10,12,19H2,1-2H3. The molecule has 1 heterocycles. The fraction of sp³-hybridized carbons (Fsp3) is 0.667. The molecule has 2 N–H and O–H groups in total. The van der Waals surface area contributed by atoms with Gasteiger partial charge in [0.25, 0.3) is 0 Å². The van der Waals surface area contributed by atoms with Gasteiger partial charge in [-0.3, -0.25) is 0 Å². The predicted octanol–water partition coefficient (Wildman–Crippen LogP) is 4.07. The number of nitrogens with zero attached hydrogens (tertiary/aromatic N) is 1. The molecular formula is C18H28N2O. The molecule has 0 spiro atoms. The first-order valence-corrected chi connectivity index (χ1v) is 8.44. The van der Waals surface area contributed by atoms with Crippen LogP contribution in [0, 0.1) is 11.8 Å². The summed E-state index contributed by atoms with van der Waals surface area (Å²) in [6.07, 6.45) is 7.21. The number of hydrogen-bond acceptors (Lipinski definition) is 3. The van der Waals surface area contributed by atoms with Gasteiger partial charge < -0.3 is 15.4 Å². The van der Waals surface area contributed by atoms with Crippen LogP contribution in [-0.2, 0) is 0 Å². The van der Waals surface area contributed by atoms with Crippen molar-refractivity contribution in [1.82, 2.24) is 0 Å². The molecule has 1 saturated heterocycles. The summed E-state index contributed by atoms with van der Waals surface area (Å²) < 4.78 is 5.83. The Kier molecular flexibility index (Phi) is 4.27. The SMILES string of the molecule is CC(C)Oc1cc(N2CCC3CCCCC3C2)ccc1N. The van der Waals surface area contributed by atoms with Gasteiger partial charge in [0.2, 0.25) is 0 Å². The molecule has 2 atom stereocenters. The first kappa shape index (κ1) is 14.6. The molecule has 2 unspecified atom stereocenters. The Bertz CT molecular complexity index is 486. The molecule has 1 saturated carbocycles. The van der Waals surface area contributed by atoms with Crippen molar-refractivity contribution < 1.29 is 4.74 Å². The van der Waals surface area contributed by atoms with Crippen molar-refractivity contribution in [3.63, 3.8) is 0 Å². The van der Waals surface area contributed by atoms with E-state index in [4.69, 9.17) is 10.5 Å². The highest BCUT2D eigenvalue weighted by molar-refractivity contribution is 5.62. The highest BCUT2D eigenvalue weighted by atomic mass is 16.5. The Balaban J connectivity index is 1.74. The molecule has 1 aliphatic heterocycles. The van der Waals surface area contributed by atoms with Gasteiger partial charge in [-0.25, -0.2) is 0 Å². The molecule has 0 radical (unpaired) electrons. The summed E-state index contributed by atoms with van der Waals surface area (Å²) in [5, 5.41) is 0. The van der Waals surface area contributed by atoms with Crippen molar-refractivity contribution >= 4 is 11.4 Å². The molecule has 1 aromatic carbocycles. The lowest BCUT2D eigenvalue weighted by Crippen LogP contribution is -2.41. The Hall–Kier alpha value is -1.38. The third-order valence-electron chi connectivity index (χ3n) is 5.02. The third kappa shape index (κ3) is 3.28. The minimum Gasteiger partial charge on any atom is -0.489 e. The fourth-order valence-electron chi connectivity index (χ4n) is 3.91. The van der Waals surface area contributed by atoms with E-state index in [0.29, 0.717) is 0 Å². The van der Waals surface area contributed by atoms with Crippen LogP contribution in [0.3, 0.4) is 0 Å². The molecule has 2 fully saturated rings. The monoisotopic (exact) mass is 288 g/mol. The van der Waals surface area contributed by atoms with Gasteiger partial charge in [0, 0.05) is 24.8 Å².